The van der Waals surface area contributed by atoms with Crippen molar-refractivity contribution in [2.75, 3.05) is 20.1 Å². The number of benzene rings is 1. The van der Waals surface area contributed by atoms with E-state index in [4.69, 9.17) is 0 Å². The van der Waals surface area contributed by atoms with Crippen LogP contribution >= 0.6 is 0 Å². The maximum Gasteiger partial charge on any atom is 0.115 e. The van der Waals surface area contributed by atoms with Crippen LogP contribution in [0.25, 0.3) is 0 Å². The van der Waals surface area contributed by atoms with Crippen molar-refractivity contribution in [3.63, 3.8) is 0 Å². The minimum absolute atomic E-state index is 0.177. The van der Waals surface area contributed by atoms with Crippen molar-refractivity contribution in [3.8, 4) is 5.75 Å². The number of likely N-dealkylation sites (N-methyl/N-ethyl adjacent to an activating group) is 1. The van der Waals surface area contributed by atoms with E-state index in [9.17, 15) is 5.11 Å². The van der Waals surface area contributed by atoms with Gasteiger partial charge in [-0.1, -0.05) is 19.1 Å². The first-order valence-corrected chi connectivity index (χ1v) is 7.80. The van der Waals surface area contributed by atoms with Crippen molar-refractivity contribution in [2.45, 2.75) is 51.1 Å². The molecule has 1 saturated heterocycles. The summed E-state index contributed by atoms with van der Waals surface area (Å²) >= 11 is 0. The van der Waals surface area contributed by atoms with Crippen molar-refractivity contribution >= 4 is 0 Å². The Hall–Kier alpha value is -1.06. The van der Waals surface area contributed by atoms with Crippen LogP contribution in [0.1, 0.15) is 38.7 Å². The van der Waals surface area contributed by atoms with E-state index in [2.05, 4.69) is 37.2 Å². The summed E-state index contributed by atoms with van der Waals surface area (Å²) in [5.74, 6) is 0.358. The molecule has 2 rings (SSSR count). The Labute approximate surface area is 123 Å². The average Bonchev–Trinajstić information content (AvgIpc) is 2.98. The second-order valence-electron chi connectivity index (χ2n) is 6.12. The summed E-state index contributed by atoms with van der Waals surface area (Å²) in [6, 6.07) is 8.04. The molecule has 1 aliphatic rings. The van der Waals surface area contributed by atoms with Crippen LogP contribution in [-0.2, 0) is 6.42 Å². The summed E-state index contributed by atoms with van der Waals surface area (Å²) in [5, 5.41) is 13.2. The molecule has 1 fully saturated rings. The SMILES string of the molecule is CCC(C)(C(Cc1cccc(O)c1)NC)N1CCCC1. The molecule has 0 aliphatic carbocycles. The number of hydrogen-bond acceptors (Lipinski definition) is 3. The Morgan fingerprint density at radius 1 is 1.35 bits per heavy atom. The fourth-order valence-electron chi connectivity index (χ4n) is 3.47. The van der Waals surface area contributed by atoms with Gasteiger partial charge in [-0.05, 0) is 70.4 Å². The fourth-order valence-corrected chi connectivity index (χ4v) is 3.47. The molecule has 0 aromatic heterocycles. The Kier molecular flexibility index (Phi) is 5.06. The Morgan fingerprint density at radius 2 is 2.05 bits per heavy atom. The molecule has 1 aromatic carbocycles. The Bertz CT molecular complexity index is 429. The zero-order chi connectivity index (χ0) is 14.6. The minimum atomic E-state index is 0.177. The van der Waals surface area contributed by atoms with Gasteiger partial charge in [0.05, 0.1) is 0 Å². The van der Waals surface area contributed by atoms with Crippen LogP contribution in [0.15, 0.2) is 24.3 Å². The Morgan fingerprint density at radius 3 is 2.60 bits per heavy atom. The summed E-state index contributed by atoms with van der Waals surface area (Å²) in [5.41, 5.74) is 1.37. The van der Waals surface area contributed by atoms with E-state index in [0.717, 1.165) is 12.8 Å². The van der Waals surface area contributed by atoms with Gasteiger partial charge in [-0.2, -0.15) is 0 Å². The number of rotatable bonds is 6. The summed E-state index contributed by atoms with van der Waals surface area (Å²) in [6.45, 7) is 7.08. The van der Waals surface area contributed by atoms with Gasteiger partial charge < -0.3 is 10.4 Å². The van der Waals surface area contributed by atoms with Gasteiger partial charge in [0.2, 0.25) is 0 Å². The third kappa shape index (κ3) is 3.15. The number of nitrogens with zero attached hydrogens (tertiary/aromatic N) is 1. The molecule has 0 bridgehead atoms. The van der Waals surface area contributed by atoms with E-state index in [1.165, 1.54) is 31.5 Å². The molecule has 3 heteroatoms. The van der Waals surface area contributed by atoms with Crippen LogP contribution < -0.4 is 5.32 Å². The van der Waals surface area contributed by atoms with Crippen LogP contribution in [0.5, 0.6) is 5.75 Å². The van der Waals surface area contributed by atoms with Gasteiger partial charge in [-0.3, -0.25) is 4.90 Å². The van der Waals surface area contributed by atoms with E-state index in [1.807, 2.05) is 12.1 Å². The quantitative estimate of drug-likeness (QED) is 0.838. The summed E-state index contributed by atoms with van der Waals surface area (Å²) < 4.78 is 0. The molecule has 0 spiro atoms. The molecule has 3 nitrogen and oxygen atoms in total. The molecule has 1 aromatic rings. The van der Waals surface area contributed by atoms with Crippen LogP contribution in [0.4, 0.5) is 0 Å². The molecule has 20 heavy (non-hydrogen) atoms. The molecule has 2 atom stereocenters. The van der Waals surface area contributed by atoms with E-state index >= 15 is 0 Å². The third-order valence-electron chi connectivity index (χ3n) is 4.99. The van der Waals surface area contributed by atoms with Crippen LogP contribution in [-0.4, -0.2) is 41.7 Å². The second-order valence-corrected chi connectivity index (χ2v) is 6.12. The third-order valence-corrected chi connectivity index (χ3v) is 4.99. The fraction of sp³-hybridized carbons (Fsp3) is 0.647. The first-order valence-electron chi connectivity index (χ1n) is 7.80. The summed E-state index contributed by atoms with van der Waals surface area (Å²) in [6.07, 6.45) is 4.72. The van der Waals surface area contributed by atoms with Gasteiger partial charge in [0.15, 0.2) is 0 Å². The summed E-state index contributed by atoms with van der Waals surface area (Å²) in [4.78, 5) is 2.64. The highest BCUT2D eigenvalue weighted by molar-refractivity contribution is 5.28. The first kappa shape index (κ1) is 15.3. The molecule has 112 valence electrons. The van der Waals surface area contributed by atoms with Crippen molar-refractivity contribution < 1.29 is 5.11 Å². The standard InChI is InChI=1S/C17H28N2O/c1-4-17(2,19-10-5-6-11-19)16(18-3)13-14-8-7-9-15(20)12-14/h7-9,12,16,18,20H,4-6,10-11,13H2,1-3H3. The van der Waals surface area contributed by atoms with Crippen LogP contribution in [0.2, 0.25) is 0 Å². The molecule has 0 amide bonds. The van der Waals surface area contributed by atoms with E-state index in [0.29, 0.717) is 11.8 Å². The largest absolute Gasteiger partial charge is 0.508 e. The highest BCUT2D eigenvalue weighted by atomic mass is 16.3. The van der Waals surface area contributed by atoms with E-state index in [1.54, 1.807) is 6.07 Å². The lowest BCUT2D eigenvalue weighted by atomic mass is 9.83. The lowest BCUT2D eigenvalue weighted by Crippen LogP contribution is -2.58. The average molecular weight is 276 g/mol. The maximum atomic E-state index is 9.64. The van der Waals surface area contributed by atoms with Crippen molar-refractivity contribution in [3.05, 3.63) is 29.8 Å². The number of phenols is 1. The smallest absolute Gasteiger partial charge is 0.115 e. The molecular formula is C17H28N2O. The van der Waals surface area contributed by atoms with Crippen molar-refractivity contribution in [1.29, 1.82) is 0 Å². The number of phenolic OH excluding ortho intramolecular Hbond substituents is 1. The first-order chi connectivity index (χ1) is 9.60. The van der Waals surface area contributed by atoms with E-state index in [-0.39, 0.29) is 5.54 Å². The van der Waals surface area contributed by atoms with Crippen LogP contribution in [0, 0.1) is 0 Å². The highest BCUT2D eigenvalue weighted by Gasteiger charge is 2.38. The predicted molar refractivity (Wildman–Crippen MR) is 84.2 cm³/mol. The zero-order valence-corrected chi connectivity index (χ0v) is 13.0. The minimum Gasteiger partial charge on any atom is -0.508 e. The molecule has 2 unspecified atom stereocenters. The van der Waals surface area contributed by atoms with Gasteiger partial charge in [-0.25, -0.2) is 0 Å². The normalized spacial score (nSPS) is 20.8. The van der Waals surface area contributed by atoms with Crippen LogP contribution in [0.3, 0.4) is 0 Å². The number of likely N-dealkylation sites (tertiary alicyclic amines) is 1. The van der Waals surface area contributed by atoms with Gasteiger partial charge >= 0.3 is 0 Å². The monoisotopic (exact) mass is 276 g/mol. The number of nitrogens with one attached hydrogen (secondary N) is 1. The van der Waals surface area contributed by atoms with Gasteiger partial charge in [0.1, 0.15) is 5.75 Å². The van der Waals surface area contributed by atoms with Crippen molar-refractivity contribution in [1.82, 2.24) is 10.2 Å². The molecular weight excluding hydrogens is 248 g/mol. The molecule has 0 radical (unpaired) electrons. The summed E-state index contributed by atoms with van der Waals surface area (Å²) in [7, 11) is 2.05. The topological polar surface area (TPSA) is 35.5 Å². The zero-order valence-electron chi connectivity index (χ0n) is 13.0. The van der Waals surface area contributed by atoms with Crippen molar-refractivity contribution in [2.24, 2.45) is 0 Å². The number of hydrogen-bond donors (Lipinski definition) is 2. The molecule has 1 aliphatic heterocycles. The highest BCUT2D eigenvalue weighted by Crippen LogP contribution is 2.30. The number of aromatic hydroxyl groups is 1. The second kappa shape index (κ2) is 6.59. The van der Waals surface area contributed by atoms with Gasteiger partial charge in [-0.15, -0.1) is 0 Å². The molecule has 0 saturated carbocycles. The van der Waals surface area contributed by atoms with Gasteiger partial charge in [0, 0.05) is 11.6 Å². The lowest BCUT2D eigenvalue weighted by Gasteiger charge is -2.44. The maximum absolute atomic E-state index is 9.64. The van der Waals surface area contributed by atoms with Gasteiger partial charge in [0.25, 0.3) is 0 Å². The molecule has 1 heterocycles. The Balaban J connectivity index is 2.16. The van der Waals surface area contributed by atoms with E-state index < -0.39 is 0 Å². The lowest BCUT2D eigenvalue weighted by molar-refractivity contribution is 0.0873. The molecule has 2 N–H and O–H groups in total. The predicted octanol–water partition coefficient (Wildman–Crippen LogP) is 2.79.